The van der Waals surface area contributed by atoms with Gasteiger partial charge in [0.15, 0.2) is 0 Å². The number of nitrogens with zero attached hydrogens (tertiary/aromatic N) is 2. The molecular formula is C8H10N2. The van der Waals surface area contributed by atoms with E-state index < -0.39 is 0 Å². The van der Waals surface area contributed by atoms with Crippen molar-refractivity contribution < 1.29 is 0 Å². The smallest absolute Gasteiger partial charge is 0.103 e. The molecule has 0 fully saturated rings. The standard InChI is InChI=1S/C8H10N2/c1-2-5-9-7-8-4-3-6-10-8/h2-4,6-8H,1,5H2. The Bertz CT molecular complexity index is 177. The van der Waals surface area contributed by atoms with Crippen molar-refractivity contribution in [2.24, 2.45) is 9.98 Å². The fourth-order valence-electron chi connectivity index (χ4n) is 0.694. The summed E-state index contributed by atoms with van der Waals surface area (Å²) < 4.78 is 0. The van der Waals surface area contributed by atoms with Gasteiger partial charge in [0.2, 0.25) is 0 Å². The van der Waals surface area contributed by atoms with E-state index in [2.05, 4.69) is 16.6 Å². The van der Waals surface area contributed by atoms with Gasteiger partial charge < -0.3 is 0 Å². The van der Waals surface area contributed by atoms with Crippen LogP contribution in [0.4, 0.5) is 0 Å². The third-order valence-electron chi connectivity index (χ3n) is 1.15. The maximum Gasteiger partial charge on any atom is 0.103 e. The number of hydrogen-bond acceptors (Lipinski definition) is 2. The van der Waals surface area contributed by atoms with Gasteiger partial charge in [-0.2, -0.15) is 0 Å². The van der Waals surface area contributed by atoms with Gasteiger partial charge in [0.1, 0.15) is 6.04 Å². The minimum atomic E-state index is 0.167. The van der Waals surface area contributed by atoms with Crippen molar-refractivity contribution >= 4 is 12.4 Å². The van der Waals surface area contributed by atoms with Gasteiger partial charge in [-0.1, -0.05) is 12.2 Å². The van der Waals surface area contributed by atoms with Gasteiger partial charge in [0, 0.05) is 12.4 Å². The molecule has 10 heavy (non-hydrogen) atoms. The van der Waals surface area contributed by atoms with Gasteiger partial charge in [-0.25, -0.2) is 0 Å². The summed E-state index contributed by atoms with van der Waals surface area (Å²) in [7, 11) is 0. The Morgan fingerprint density at radius 2 is 2.60 bits per heavy atom. The van der Waals surface area contributed by atoms with Gasteiger partial charge in [0.05, 0.1) is 6.54 Å². The molecule has 2 nitrogen and oxygen atoms in total. The largest absolute Gasteiger partial charge is 0.291 e. The van der Waals surface area contributed by atoms with Crippen molar-refractivity contribution in [1.82, 2.24) is 0 Å². The van der Waals surface area contributed by atoms with E-state index in [-0.39, 0.29) is 6.04 Å². The molecule has 0 aromatic heterocycles. The summed E-state index contributed by atoms with van der Waals surface area (Å²) in [6.45, 7) is 4.24. The first-order valence-electron chi connectivity index (χ1n) is 3.24. The molecule has 1 unspecified atom stereocenters. The highest BCUT2D eigenvalue weighted by Gasteiger charge is 1.97. The Hall–Kier alpha value is -1.18. The number of allylic oxidation sites excluding steroid dienone is 1. The van der Waals surface area contributed by atoms with Crippen molar-refractivity contribution in [2.45, 2.75) is 6.04 Å². The molecule has 0 spiro atoms. The first-order valence-corrected chi connectivity index (χ1v) is 3.24. The second kappa shape index (κ2) is 3.77. The Labute approximate surface area is 60.7 Å². The van der Waals surface area contributed by atoms with Crippen LogP contribution in [0.1, 0.15) is 0 Å². The monoisotopic (exact) mass is 134 g/mol. The lowest BCUT2D eigenvalue weighted by Crippen LogP contribution is -1.97. The molecule has 0 bridgehead atoms. The summed E-state index contributed by atoms with van der Waals surface area (Å²) >= 11 is 0. The highest BCUT2D eigenvalue weighted by Crippen LogP contribution is 1.95. The van der Waals surface area contributed by atoms with Gasteiger partial charge >= 0.3 is 0 Å². The average molecular weight is 134 g/mol. The molecule has 1 atom stereocenters. The Morgan fingerprint density at radius 1 is 1.70 bits per heavy atom. The van der Waals surface area contributed by atoms with Gasteiger partial charge in [-0.3, -0.25) is 9.98 Å². The predicted octanol–water partition coefficient (Wildman–Crippen LogP) is 1.25. The number of hydrogen-bond donors (Lipinski definition) is 0. The lowest BCUT2D eigenvalue weighted by molar-refractivity contribution is 1.11. The molecule has 1 aliphatic heterocycles. The molecule has 2 heteroatoms. The van der Waals surface area contributed by atoms with Gasteiger partial charge in [-0.15, -0.1) is 6.58 Å². The van der Waals surface area contributed by atoms with E-state index in [0.29, 0.717) is 6.54 Å². The molecule has 0 saturated heterocycles. The van der Waals surface area contributed by atoms with Crippen LogP contribution in [0.5, 0.6) is 0 Å². The van der Waals surface area contributed by atoms with E-state index in [4.69, 9.17) is 0 Å². The zero-order valence-electron chi connectivity index (χ0n) is 5.77. The Balaban J connectivity index is 2.30. The molecule has 0 aromatic rings. The van der Waals surface area contributed by atoms with E-state index in [9.17, 15) is 0 Å². The topological polar surface area (TPSA) is 24.7 Å². The average Bonchev–Trinajstić information content (AvgIpc) is 2.41. The molecule has 1 heterocycles. The zero-order chi connectivity index (χ0) is 7.23. The summed E-state index contributed by atoms with van der Waals surface area (Å²) in [5.41, 5.74) is 0. The van der Waals surface area contributed by atoms with E-state index in [1.165, 1.54) is 0 Å². The van der Waals surface area contributed by atoms with Gasteiger partial charge in [-0.05, 0) is 6.08 Å². The molecule has 0 N–H and O–H groups in total. The summed E-state index contributed by atoms with van der Waals surface area (Å²) in [6, 6.07) is 0.167. The molecule has 0 aliphatic carbocycles. The predicted molar refractivity (Wildman–Crippen MR) is 45.0 cm³/mol. The van der Waals surface area contributed by atoms with Crippen LogP contribution in [0, 0.1) is 0 Å². The van der Waals surface area contributed by atoms with Crippen LogP contribution in [0.25, 0.3) is 0 Å². The summed E-state index contributed by atoms with van der Waals surface area (Å²) in [4.78, 5) is 8.15. The molecule has 0 aromatic carbocycles. The summed E-state index contributed by atoms with van der Waals surface area (Å²) in [5.74, 6) is 0. The normalized spacial score (nSPS) is 22.6. The van der Waals surface area contributed by atoms with Crippen LogP contribution < -0.4 is 0 Å². The molecule has 52 valence electrons. The van der Waals surface area contributed by atoms with Crippen LogP contribution in [-0.4, -0.2) is 25.0 Å². The minimum Gasteiger partial charge on any atom is -0.291 e. The van der Waals surface area contributed by atoms with Crippen molar-refractivity contribution in [2.75, 3.05) is 6.54 Å². The molecule has 0 saturated carbocycles. The molecule has 0 amide bonds. The van der Waals surface area contributed by atoms with Crippen molar-refractivity contribution in [1.29, 1.82) is 0 Å². The SMILES string of the molecule is C=CCN=CC1C=CC=N1. The second-order valence-electron chi connectivity index (χ2n) is 1.98. The van der Waals surface area contributed by atoms with Crippen LogP contribution in [0.2, 0.25) is 0 Å². The van der Waals surface area contributed by atoms with Crippen LogP contribution in [0.3, 0.4) is 0 Å². The summed E-state index contributed by atoms with van der Waals surface area (Å²) in [6.07, 6.45) is 9.28. The fraction of sp³-hybridized carbons (Fsp3) is 0.250. The minimum absolute atomic E-state index is 0.167. The lowest BCUT2D eigenvalue weighted by atomic mass is 10.3. The third kappa shape index (κ3) is 1.97. The first-order chi connectivity index (χ1) is 4.93. The van der Waals surface area contributed by atoms with Crippen molar-refractivity contribution in [3.63, 3.8) is 0 Å². The van der Waals surface area contributed by atoms with E-state index in [1.807, 2.05) is 18.4 Å². The highest BCUT2D eigenvalue weighted by molar-refractivity contribution is 5.81. The molecule has 0 radical (unpaired) electrons. The molecule has 1 aliphatic rings. The van der Waals surface area contributed by atoms with Crippen LogP contribution in [-0.2, 0) is 0 Å². The Morgan fingerprint density at radius 3 is 3.20 bits per heavy atom. The highest BCUT2D eigenvalue weighted by atomic mass is 14.8. The first kappa shape index (κ1) is 6.93. The Kier molecular flexibility index (Phi) is 2.62. The van der Waals surface area contributed by atoms with Crippen LogP contribution in [0.15, 0.2) is 34.8 Å². The maximum absolute atomic E-state index is 4.09. The molecule has 1 rings (SSSR count). The van der Waals surface area contributed by atoms with E-state index in [1.54, 1.807) is 12.3 Å². The van der Waals surface area contributed by atoms with Gasteiger partial charge in [0.25, 0.3) is 0 Å². The summed E-state index contributed by atoms with van der Waals surface area (Å²) in [5, 5.41) is 0. The molecular weight excluding hydrogens is 124 g/mol. The zero-order valence-corrected chi connectivity index (χ0v) is 5.77. The second-order valence-corrected chi connectivity index (χ2v) is 1.98. The van der Waals surface area contributed by atoms with E-state index in [0.717, 1.165) is 0 Å². The number of aliphatic imine (C=N–C) groups is 2. The van der Waals surface area contributed by atoms with Crippen molar-refractivity contribution in [3.05, 3.63) is 24.8 Å². The fourth-order valence-corrected chi connectivity index (χ4v) is 0.694. The quantitative estimate of drug-likeness (QED) is 0.410. The van der Waals surface area contributed by atoms with Crippen LogP contribution >= 0.6 is 0 Å². The van der Waals surface area contributed by atoms with E-state index >= 15 is 0 Å². The van der Waals surface area contributed by atoms with Crippen molar-refractivity contribution in [3.8, 4) is 0 Å². The number of rotatable bonds is 3. The lowest BCUT2D eigenvalue weighted by Gasteiger charge is -1.91. The maximum atomic E-state index is 4.09. The third-order valence-corrected chi connectivity index (χ3v) is 1.15.